The molecule has 0 N–H and O–H groups in total. The minimum absolute atomic E-state index is 0.181. The van der Waals surface area contributed by atoms with Gasteiger partial charge in [-0.05, 0) is 19.9 Å². The second-order valence-electron chi connectivity index (χ2n) is 4.05. The van der Waals surface area contributed by atoms with E-state index in [2.05, 4.69) is 17.9 Å². The summed E-state index contributed by atoms with van der Waals surface area (Å²) >= 11 is 0. The van der Waals surface area contributed by atoms with Crippen LogP contribution in [-0.2, 0) is 9.47 Å². The van der Waals surface area contributed by atoms with Crippen LogP contribution < -0.4 is 0 Å². The lowest BCUT2D eigenvalue weighted by molar-refractivity contribution is -0.101. The molecular weight excluding hydrogens is 192 g/mol. The number of hydrogen-bond donors (Lipinski definition) is 0. The molecule has 0 spiro atoms. The molecule has 0 amide bonds. The Morgan fingerprint density at radius 3 is 3.00 bits per heavy atom. The Labute approximate surface area is 91.8 Å². The van der Waals surface area contributed by atoms with Gasteiger partial charge in [-0.1, -0.05) is 0 Å². The molecule has 0 aromatic rings. The van der Waals surface area contributed by atoms with Gasteiger partial charge in [0.05, 0.1) is 24.9 Å². The van der Waals surface area contributed by atoms with Gasteiger partial charge in [-0.2, -0.15) is 5.26 Å². The van der Waals surface area contributed by atoms with Crippen molar-refractivity contribution in [2.45, 2.75) is 32.0 Å². The molecule has 4 nitrogen and oxygen atoms in total. The van der Waals surface area contributed by atoms with Gasteiger partial charge in [-0.15, -0.1) is 0 Å². The van der Waals surface area contributed by atoms with Crippen LogP contribution in [0.4, 0.5) is 0 Å². The second-order valence-corrected chi connectivity index (χ2v) is 4.05. The third-order valence-corrected chi connectivity index (χ3v) is 2.52. The van der Waals surface area contributed by atoms with Crippen molar-refractivity contribution in [1.29, 1.82) is 5.26 Å². The number of morpholine rings is 1. The molecule has 4 heteroatoms. The smallest absolute Gasteiger partial charge is 0.0939 e. The Bertz CT molecular complexity index is 215. The fourth-order valence-electron chi connectivity index (χ4n) is 1.98. The van der Waals surface area contributed by atoms with Crippen molar-refractivity contribution < 1.29 is 9.47 Å². The molecular formula is C11H20N2O2. The van der Waals surface area contributed by atoms with E-state index >= 15 is 0 Å². The third-order valence-electron chi connectivity index (χ3n) is 2.52. The normalized spacial score (nSPS) is 27.5. The fraction of sp³-hybridized carbons (Fsp3) is 0.909. The molecule has 0 aromatic carbocycles. The number of rotatable bonds is 5. The van der Waals surface area contributed by atoms with Crippen molar-refractivity contribution >= 4 is 0 Å². The van der Waals surface area contributed by atoms with Gasteiger partial charge in [0, 0.05) is 26.6 Å². The molecule has 1 fully saturated rings. The predicted molar refractivity (Wildman–Crippen MR) is 57.5 cm³/mol. The maximum Gasteiger partial charge on any atom is 0.0939 e. The van der Waals surface area contributed by atoms with Gasteiger partial charge in [0.2, 0.25) is 0 Å². The summed E-state index contributed by atoms with van der Waals surface area (Å²) < 4.78 is 10.8. The summed E-state index contributed by atoms with van der Waals surface area (Å²) in [4.78, 5) is 2.36. The summed E-state index contributed by atoms with van der Waals surface area (Å²) in [5.74, 6) is 0. The Morgan fingerprint density at radius 1 is 1.53 bits per heavy atom. The highest BCUT2D eigenvalue weighted by Gasteiger charge is 2.24. The molecule has 1 aliphatic heterocycles. The largest absolute Gasteiger partial charge is 0.382 e. The lowest BCUT2D eigenvalue weighted by atomic mass is 10.2. The summed E-state index contributed by atoms with van der Waals surface area (Å²) in [6, 6.07) is 2.17. The van der Waals surface area contributed by atoms with E-state index < -0.39 is 0 Å². The molecule has 0 bridgehead atoms. The molecule has 15 heavy (non-hydrogen) atoms. The lowest BCUT2D eigenvalue weighted by Gasteiger charge is -2.36. The molecule has 2 atom stereocenters. The lowest BCUT2D eigenvalue weighted by Crippen LogP contribution is -2.48. The van der Waals surface area contributed by atoms with E-state index in [9.17, 15) is 0 Å². The van der Waals surface area contributed by atoms with Crippen molar-refractivity contribution in [3.05, 3.63) is 0 Å². The van der Waals surface area contributed by atoms with Gasteiger partial charge >= 0.3 is 0 Å². The van der Waals surface area contributed by atoms with Crippen LogP contribution in [0.5, 0.6) is 0 Å². The van der Waals surface area contributed by atoms with Gasteiger partial charge < -0.3 is 9.47 Å². The summed E-state index contributed by atoms with van der Waals surface area (Å²) in [5.41, 5.74) is 0. The van der Waals surface area contributed by atoms with Crippen molar-refractivity contribution in [3.8, 4) is 6.07 Å². The summed E-state index contributed by atoms with van der Waals surface area (Å²) in [6.45, 7) is 5.61. The highest BCUT2D eigenvalue weighted by Crippen LogP contribution is 2.11. The van der Waals surface area contributed by atoms with Crippen LogP contribution in [0.1, 0.15) is 19.8 Å². The first kappa shape index (κ1) is 12.4. The van der Waals surface area contributed by atoms with Crippen molar-refractivity contribution in [2.24, 2.45) is 0 Å². The van der Waals surface area contributed by atoms with E-state index in [4.69, 9.17) is 14.7 Å². The van der Waals surface area contributed by atoms with Gasteiger partial charge in [0.1, 0.15) is 0 Å². The second kappa shape index (κ2) is 6.78. The topological polar surface area (TPSA) is 45.5 Å². The average molecular weight is 212 g/mol. The van der Waals surface area contributed by atoms with E-state index in [-0.39, 0.29) is 12.2 Å². The molecule has 86 valence electrons. The van der Waals surface area contributed by atoms with Crippen LogP contribution in [-0.4, -0.2) is 50.5 Å². The molecule has 0 aliphatic carbocycles. The molecule has 1 heterocycles. The first-order valence-electron chi connectivity index (χ1n) is 5.50. The maximum absolute atomic E-state index is 8.47. The van der Waals surface area contributed by atoms with Crippen LogP contribution in [0, 0.1) is 11.3 Å². The van der Waals surface area contributed by atoms with Crippen LogP contribution in [0.15, 0.2) is 0 Å². The standard InChI is InChI=1S/C11H20N2O2/c1-10-7-13(6-4-3-5-12)8-11(15-10)9-14-2/h10-11H,3-4,6-9H2,1-2H3/t10-,11+/m1/s1. The number of unbranched alkanes of at least 4 members (excludes halogenated alkanes) is 1. The highest BCUT2D eigenvalue weighted by molar-refractivity contribution is 4.77. The van der Waals surface area contributed by atoms with Gasteiger partial charge in [0.15, 0.2) is 0 Å². The van der Waals surface area contributed by atoms with Crippen molar-refractivity contribution in [1.82, 2.24) is 4.90 Å². The minimum atomic E-state index is 0.181. The average Bonchev–Trinajstić information content (AvgIpc) is 2.18. The van der Waals surface area contributed by atoms with E-state index in [0.29, 0.717) is 13.0 Å². The first-order valence-corrected chi connectivity index (χ1v) is 5.50. The predicted octanol–water partition coefficient (Wildman–Crippen LogP) is 1.03. The van der Waals surface area contributed by atoms with Gasteiger partial charge in [0.25, 0.3) is 0 Å². The molecule has 1 saturated heterocycles. The Kier molecular flexibility index (Phi) is 5.62. The van der Waals surface area contributed by atoms with Gasteiger partial charge in [-0.25, -0.2) is 0 Å². The number of methoxy groups -OCH3 is 1. The zero-order chi connectivity index (χ0) is 11.1. The zero-order valence-corrected chi connectivity index (χ0v) is 9.61. The van der Waals surface area contributed by atoms with Crippen LogP contribution in [0.25, 0.3) is 0 Å². The molecule has 0 aromatic heterocycles. The summed E-state index contributed by atoms with van der Waals surface area (Å²) in [6.07, 6.45) is 2.03. The van der Waals surface area contributed by atoms with Crippen molar-refractivity contribution in [2.75, 3.05) is 33.4 Å². The number of nitriles is 1. The minimum Gasteiger partial charge on any atom is -0.382 e. The van der Waals surface area contributed by atoms with Crippen LogP contribution >= 0.6 is 0 Å². The zero-order valence-electron chi connectivity index (χ0n) is 9.61. The molecule has 0 saturated carbocycles. The van der Waals surface area contributed by atoms with Gasteiger partial charge in [-0.3, -0.25) is 4.90 Å². The molecule has 0 radical (unpaired) electrons. The first-order chi connectivity index (χ1) is 7.26. The van der Waals surface area contributed by atoms with E-state index in [1.54, 1.807) is 7.11 Å². The maximum atomic E-state index is 8.47. The number of ether oxygens (including phenoxy) is 2. The Hall–Kier alpha value is -0.630. The monoisotopic (exact) mass is 212 g/mol. The molecule has 0 unspecified atom stereocenters. The van der Waals surface area contributed by atoms with Crippen LogP contribution in [0.2, 0.25) is 0 Å². The quantitative estimate of drug-likeness (QED) is 0.638. The highest BCUT2D eigenvalue weighted by atomic mass is 16.5. The molecule has 1 aliphatic rings. The number of nitrogens with zero attached hydrogens (tertiary/aromatic N) is 2. The Morgan fingerprint density at radius 2 is 2.33 bits per heavy atom. The van der Waals surface area contributed by atoms with E-state index in [0.717, 1.165) is 26.1 Å². The Balaban J connectivity index is 2.28. The SMILES string of the molecule is COC[C@@H]1CN(CCCC#N)C[C@@H](C)O1. The van der Waals surface area contributed by atoms with Crippen molar-refractivity contribution in [3.63, 3.8) is 0 Å². The van der Waals surface area contributed by atoms with E-state index in [1.807, 2.05) is 0 Å². The third kappa shape index (κ3) is 4.61. The fourth-order valence-corrected chi connectivity index (χ4v) is 1.98. The summed E-state index contributed by atoms with van der Waals surface area (Å²) in [7, 11) is 1.70. The summed E-state index contributed by atoms with van der Waals surface area (Å²) in [5, 5.41) is 8.47. The number of hydrogen-bond acceptors (Lipinski definition) is 4. The van der Waals surface area contributed by atoms with Crippen LogP contribution in [0.3, 0.4) is 0 Å². The molecule has 1 rings (SSSR count). The van der Waals surface area contributed by atoms with E-state index in [1.165, 1.54) is 0 Å².